The van der Waals surface area contributed by atoms with Crippen LogP contribution in [-0.4, -0.2) is 40.2 Å². The molecule has 5 heteroatoms. The first-order valence-electron chi connectivity index (χ1n) is 7.47. The number of amides is 2. The third-order valence-electron chi connectivity index (χ3n) is 4.15. The highest BCUT2D eigenvalue weighted by Crippen LogP contribution is 2.34. The number of carbonyl (C=O) groups excluding carboxylic acids is 1. The highest BCUT2D eigenvalue weighted by Gasteiger charge is 2.36. The Labute approximate surface area is 126 Å². The van der Waals surface area contributed by atoms with Crippen molar-refractivity contribution in [3.05, 3.63) is 30.1 Å². The van der Waals surface area contributed by atoms with E-state index in [1.165, 1.54) is 0 Å². The van der Waals surface area contributed by atoms with Crippen molar-refractivity contribution in [3.8, 4) is 0 Å². The van der Waals surface area contributed by atoms with Gasteiger partial charge in [0.1, 0.15) is 0 Å². The van der Waals surface area contributed by atoms with Crippen molar-refractivity contribution in [1.29, 1.82) is 0 Å². The number of nitrogens with one attached hydrogen (secondary N) is 1. The number of nitrogens with zero attached hydrogens (tertiary/aromatic N) is 2. The van der Waals surface area contributed by atoms with Gasteiger partial charge in [-0.15, -0.1) is 0 Å². The Bertz CT molecular complexity index is 470. The molecular formula is C16H25N3O2. The number of aromatic nitrogens is 1. The molecule has 0 radical (unpaired) electrons. The minimum Gasteiger partial charge on any atom is -0.391 e. The monoisotopic (exact) mass is 291 g/mol. The van der Waals surface area contributed by atoms with Gasteiger partial charge < -0.3 is 15.3 Å². The maximum absolute atomic E-state index is 12.2. The van der Waals surface area contributed by atoms with E-state index in [0.29, 0.717) is 19.6 Å². The van der Waals surface area contributed by atoms with Gasteiger partial charge in [-0.1, -0.05) is 26.8 Å². The molecule has 2 N–H and O–H groups in total. The van der Waals surface area contributed by atoms with E-state index in [9.17, 15) is 9.90 Å². The molecular weight excluding hydrogens is 266 g/mol. The summed E-state index contributed by atoms with van der Waals surface area (Å²) < 4.78 is 0. The smallest absolute Gasteiger partial charge is 0.317 e. The summed E-state index contributed by atoms with van der Waals surface area (Å²) in [5.41, 5.74) is 1.04. The standard InChI is InChI=1S/C16H25N3O2/c1-16(2,3)13-6-8-19(11-14(13)20)15(21)18-10-12-5-4-7-17-9-12/h4-5,7,9,13-14,20H,6,8,10-11H2,1-3H3,(H,18,21)/t13-,14-/m0/s1. The van der Waals surface area contributed by atoms with Crippen LogP contribution >= 0.6 is 0 Å². The lowest BCUT2D eigenvalue weighted by molar-refractivity contribution is -0.0124. The zero-order valence-electron chi connectivity index (χ0n) is 13.0. The van der Waals surface area contributed by atoms with Gasteiger partial charge in [-0.05, 0) is 29.4 Å². The van der Waals surface area contributed by atoms with Gasteiger partial charge in [0.15, 0.2) is 0 Å². The van der Waals surface area contributed by atoms with Crippen molar-refractivity contribution in [2.75, 3.05) is 13.1 Å². The fourth-order valence-corrected chi connectivity index (χ4v) is 2.92. The molecule has 1 fully saturated rings. The zero-order valence-corrected chi connectivity index (χ0v) is 13.0. The predicted octanol–water partition coefficient (Wildman–Crippen LogP) is 2.02. The second-order valence-corrected chi connectivity index (χ2v) is 6.79. The molecule has 2 atom stereocenters. The van der Waals surface area contributed by atoms with Crippen LogP contribution in [0.5, 0.6) is 0 Å². The number of hydrogen-bond acceptors (Lipinski definition) is 3. The summed E-state index contributed by atoms with van der Waals surface area (Å²) in [6.07, 6.45) is 3.83. The van der Waals surface area contributed by atoms with E-state index in [1.807, 2.05) is 12.1 Å². The number of urea groups is 1. The van der Waals surface area contributed by atoms with E-state index in [0.717, 1.165) is 12.0 Å². The molecule has 0 bridgehead atoms. The molecule has 1 aliphatic heterocycles. The predicted molar refractivity (Wildman–Crippen MR) is 81.6 cm³/mol. The van der Waals surface area contributed by atoms with Crippen LogP contribution < -0.4 is 5.32 Å². The van der Waals surface area contributed by atoms with Crippen molar-refractivity contribution in [1.82, 2.24) is 15.2 Å². The number of carbonyl (C=O) groups is 1. The van der Waals surface area contributed by atoms with Crippen LogP contribution in [0.4, 0.5) is 4.79 Å². The van der Waals surface area contributed by atoms with E-state index in [-0.39, 0.29) is 17.4 Å². The lowest BCUT2D eigenvalue weighted by atomic mass is 9.74. The van der Waals surface area contributed by atoms with E-state index in [4.69, 9.17) is 0 Å². The van der Waals surface area contributed by atoms with E-state index in [1.54, 1.807) is 17.3 Å². The SMILES string of the molecule is CC(C)(C)[C@H]1CCN(C(=O)NCc2cccnc2)C[C@@H]1O. The summed E-state index contributed by atoms with van der Waals surface area (Å²) in [4.78, 5) is 17.9. The van der Waals surface area contributed by atoms with Crippen molar-refractivity contribution < 1.29 is 9.90 Å². The van der Waals surface area contributed by atoms with Gasteiger partial charge in [-0.2, -0.15) is 0 Å². The van der Waals surface area contributed by atoms with Gasteiger partial charge in [0.2, 0.25) is 0 Å². The molecule has 5 nitrogen and oxygen atoms in total. The maximum Gasteiger partial charge on any atom is 0.317 e. The molecule has 0 aliphatic carbocycles. The Morgan fingerprint density at radius 3 is 2.86 bits per heavy atom. The quantitative estimate of drug-likeness (QED) is 0.876. The van der Waals surface area contributed by atoms with Crippen LogP contribution in [0.2, 0.25) is 0 Å². The highest BCUT2D eigenvalue weighted by molar-refractivity contribution is 5.74. The number of aliphatic hydroxyl groups excluding tert-OH is 1. The normalized spacial score (nSPS) is 23.0. The number of β-amino-alcohol motifs (C(OH)–C–C–N with tert-alkyl or cyclic N) is 1. The van der Waals surface area contributed by atoms with Crippen LogP contribution in [0, 0.1) is 11.3 Å². The largest absolute Gasteiger partial charge is 0.391 e. The first kappa shape index (κ1) is 15.8. The van der Waals surface area contributed by atoms with Gasteiger partial charge in [0.05, 0.1) is 6.10 Å². The van der Waals surface area contributed by atoms with Crippen LogP contribution in [0.15, 0.2) is 24.5 Å². The Balaban J connectivity index is 1.85. The minimum atomic E-state index is -0.456. The Morgan fingerprint density at radius 2 is 2.29 bits per heavy atom. The second kappa shape index (κ2) is 6.43. The zero-order chi connectivity index (χ0) is 15.5. The van der Waals surface area contributed by atoms with Crippen LogP contribution in [0.25, 0.3) is 0 Å². The van der Waals surface area contributed by atoms with Gasteiger partial charge in [-0.25, -0.2) is 4.79 Å². The molecule has 0 saturated carbocycles. The topological polar surface area (TPSA) is 65.5 Å². The Morgan fingerprint density at radius 1 is 1.52 bits per heavy atom. The lowest BCUT2D eigenvalue weighted by Crippen LogP contribution is -2.52. The van der Waals surface area contributed by atoms with Gasteiger partial charge in [0.25, 0.3) is 0 Å². The molecule has 1 aliphatic rings. The Kier molecular flexibility index (Phi) is 4.83. The number of pyridine rings is 1. The number of piperidine rings is 1. The molecule has 0 aromatic carbocycles. The van der Waals surface area contributed by atoms with Crippen molar-refractivity contribution in [2.45, 2.75) is 39.8 Å². The molecule has 2 amide bonds. The molecule has 1 saturated heterocycles. The average Bonchev–Trinajstić information content (AvgIpc) is 2.44. The molecule has 1 aromatic heterocycles. The highest BCUT2D eigenvalue weighted by atomic mass is 16.3. The average molecular weight is 291 g/mol. The summed E-state index contributed by atoms with van der Waals surface area (Å²) in [7, 11) is 0. The first-order valence-corrected chi connectivity index (χ1v) is 7.47. The van der Waals surface area contributed by atoms with E-state index < -0.39 is 6.10 Å². The number of likely N-dealkylation sites (tertiary alicyclic amines) is 1. The summed E-state index contributed by atoms with van der Waals surface area (Å²) >= 11 is 0. The fourth-order valence-electron chi connectivity index (χ4n) is 2.92. The van der Waals surface area contributed by atoms with Crippen molar-refractivity contribution in [3.63, 3.8) is 0 Å². The summed E-state index contributed by atoms with van der Waals surface area (Å²) in [5, 5.41) is 13.2. The molecule has 0 unspecified atom stereocenters. The summed E-state index contributed by atoms with van der Waals surface area (Å²) in [6.45, 7) is 7.97. The Hall–Kier alpha value is -1.62. The molecule has 0 spiro atoms. The van der Waals surface area contributed by atoms with E-state index >= 15 is 0 Å². The van der Waals surface area contributed by atoms with E-state index in [2.05, 4.69) is 31.1 Å². The summed E-state index contributed by atoms with van der Waals surface area (Å²) in [6, 6.07) is 3.65. The van der Waals surface area contributed by atoms with Gasteiger partial charge in [0, 0.05) is 32.0 Å². The molecule has 1 aromatic rings. The van der Waals surface area contributed by atoms with Crippen molar-refractivity contribution in [2.24, 2.45) is 11.3 Å². The number of rotatable bonds is 2. The lowest BCUT2D eigenvalue weighted by Gasteiger charge is -2.42. The minimum absolute atomic E-state index is 0.0672. The molecule has 2 rings (SSSR count). The first-order chi connectivity index (χ1) is 9.88. The summed E-state index contributed by atoms with van der Waals surface area (Å²) in [5.74, 6) is 0.236. The van der Waals surface area contributed by atoms with Gasteiger partial charge >= 0.3 is 6.03 Å². The fraction of sp³-hybridized carbons (Fsp3) is 0.625. The molecule has 2 heterocycles. The second-order valence-electron chi connectivity index (χ2n) is 6.79. The number of aliphatic hydroxyl groups is 1. The molecule has 116 valence electrons. The maximum atomic E-state index is 12.2. The number of hydrogen-bond donors (Lipinski definition) is 2. The van der Waals surface area contributed by atoms with Crippen LogP contribution in [0.3, 0.4) is 0 Å². The third-order valence-corrected chi connectivity index (χ3v) is 4.15. The molecule has 21 heavy (non-hydrogen) atoms. The van der Waals surface area contributed by atoms with Crippen molar-refractivity contribution >= 4 is 6.03 Å². The van der Waals surface area contributed by atoms with Crippen LogP contribution in [-0.2, 0) is 6.54 Å². The van der Waals surface area contributed by atoms with Crippen LogP contribution in [0.1, 0.15) is 32.8 Å². The third kappa shape index (κ3) is 4.17. The van der Waals surface area contributed by atoms with Gasteiger partial charge in [-0.3, -0.25) is 4.98 Å².